The van der Waals surface area contributed by atoms with Crippen molar-refractivity contribution in [2.75, 3.05) is 0 Å². The van der Waals surface area contributed by atoms with E-state index >= 15 is 0 Å². The minimum Gasteiger partial charge on any atom is -0.477 e. The van der Waals surface area contributed by atoms with Gasteiger partial charge in [-0.3, -0.25) is 0 Å². The lowest BCUT2D eigenvalue weighted by Crippen LogP contribution is -2.10. The molecule has 0 fully saturated rings. The first-order chi connectivity index (χ1) is 7.80. The van der Waals surface area contributed by atoms with Crippen molar-refractivity contribution in [3.05, 3.63) is 33.7 Å². The monoisotopic (exact) mass is 268 g/mol. The van der Waals surface area contributed by atoms with E-state index in [2.05, 4.69) is 20.8 Å². The predicted molar refractivity (Wildman–Crippen MR) is 72.5 cm³/mol. The summed E-state index contributed by atoms with van der Waals surface area (Å²) < 4.78 is 0.930. The number of halogens is 1. The zero-order valence-electron chi connectivity index (χ0n) is 9.87. The van der Waals surface area contributed by atoms with Crippen LogP contribution >= 0.6 is 22.9 Å². The van der Waals surface area contributed by atoms with Gasteiger partial charge in [-0.1, -0.05) is 44.5 Å². The summed E-state index contributed by atoms with van der Waals surface area (Å²) in [6.07, 6.45) is 0. The fourth-order valence-electron chi connectivity index (χ4n) is 1.67. The molecule has 0 spiro atoms. The number of thiophene rings is 1. The third-order valence-corrected chi connectivity index (χ3v) is 4.33. The lowest BCUT2D eigenvalue weighted by Gasteiger charge is -2.18. The minimum absolute atomic E-state index is 0.0496. The molecule has 0 aliphatic heterocycles. The maximum absolute atomic E-state index is 11.0. The molecule has 2 aromatic rings. The topological polar surface area (TPSA) is 37.3 Å². The SMILES string of the molecule is CC(C)(C)c1ccc2c(Cl)c(C(=O)O)sc2c1. The summed E-state index contributed by atoms with van der Waals surface area (Å²) in [5.74, 6) is -0.964. The third kappa shape index (κ3) is 2.17. The molecule has 1 aromatic carbocycles. The van der Waals surface area contributed by atoms with Crippen LogP contribution in [0.2, 0.25) is 5.02 Å². The van der Waals surface area contributed by atoms with Crippen molar-refractivity contribution in [1.29, 1.82) is 0 Å². The fourth-order valence-corrected chi connectivity index (χ4v) is 3.06. The van der Waals surface area contributed by atoms with Gasteiger partial charge in [0.2, 0.25) is 0 Å². The molecule has 90 valence electrons. The van der Waals surface area contributed by atoms with E-state index in [4.69, 9.17) is 16.7 Å². The molecule has 0 aliphatic carbocycles. The molecule has 0 amide bonds. The molecule has 0 atom stereocenters. The van der Waals surface area contributed by atoms with Gasteiger partial charge in [-0.2, -0.15) is 0 Å². The van der Waals surface area contributed by atoms with Crippen molar-refractivity contribution in [1.82, 2.24) is 0 Å². The molecule has 0 bridgehead atoms. The van der Waals surface area contributed by atoms with Crippen molar-refractivity contribution in [2.24, 2.45) is 0 Å². The second-order valence-corrected chi connectivity index (χ2v) is 6.44. The zero-order valence-corrected chi connectivity index (χ0v) is 11.4. The summed E-state index contributed by atoms with van der Waals surface area (Å²) in [6, 6.07) is 5.94. The second-order valence-electron chi connectivity index (χ2n) is 5.01. The Morgan fingerprint density at radius 3 is 2.53 bits per heavy atom. The Bertz CT molecular complexity index is 593. The number of carbonyl (C=O) groups is 1. The van der Waals surface area contributed by atoms with Gasteiger partial charge in [0.05, 0.1) is 5.02 Å². The number of aromatic carboxylic acids is 1. The van der Waals surface area contributed by atoms with Crippen molar-refractivity contribution in [3.8, 4) is 0 Å². The average molecular weight is 269 g/mol. The predicted octanol–water partition coefficient (Wildman–Crippen LogP) is 4.55. The quantitative estimate of drug-likeness (QED) is 0.824. The lowest BCUT2D eigenvalue weighted by atomic mass is 9.87. The molecule has 1 aromatic heterocycles. The average Bonchev–Trinajstić information content (AvgIpc) is 2.54. The van der Waals surface area contributed by atoms with Crippen LogP contribution in [0.5, 0.6) is 0 Å². The van der Waals surface area contributed by atoms with E-state index in [1.807, 2.05) is 18.2 Å². The maximum atomic E-state index is 11.0. The van der Waals surface area contributed by atoms with E-state index in [9.17, 15) is 4.79 Å². The van der Waals surface area contributed by atoms with Gasteiger partial charge in [-0.15, -0.1) is 11.3 Å². The van der Waals surface area contributed by atoms with Crippen LogP contribution in [-0.2, 0) is 5.41 Å². The third-order valence-electron chi connectivity index (χ3n) is 2.69. The molecule has 0 aliphatic rings. The first kappa shape index (κ1) is 12.4. The van der Waals surface area contributed by atoms with Crippen LogP contribution in [0.15, 0.2) is 18.2 Å². The first-order valence-corrected chi connectivity index (χ1v) is 6.46. The normalized spacial score (nSPS) is 12.0. The molecule has 0 saturated carbocycles. The molecule has 1 heterocycles. The van der Waals surface area contributed by atoms with Crippen molar-refractivity contribution >= 4 is 39.0 Å². The molecule has 2 rings (SSSR count). The number of carboxylic acids is 1. The Hall–Kier alpha value is -1.06. The molecular formula is C13H13ClO2S. The van der Waals surface area contributed by atoms with Crippen LogP contribution in [0.25, 0.3) is 10.1 Å². The highest BCUT2D eigenvalue weighted by Crippen LogP contribution is 2.37. The van der Waals surface area contributed by atoms with E-state index in [0.717, 1.165) is 10.1 Å². The maximum Gasteiger partial charge on any atom is 0.347 e. The highest BCUT2D eigenvalue weighted by molar-refractivity contribution is 7.21. The number of rotatable bonds is 1. The number of fused-ring (bicyclic) bond motifs is 1. The number of benzene rings is 1. The van der Waals surface area contributed by atoms with Crippen LogP contribution in [0.3, 0.4) is 0 Å². The van der Waals surface area contributed by atoms with Gasteiger partial charge < -0.3 is 5.11 Å². The number of hydrogen-bond acceptors (Lipinski definition) is 2. The largest absolute Gasteiger partial charge is 0.477 e. The number of hydrogen-bond donors (Lipinski definition) is 1. The van der Waals surface area contributed by atoms with E-state index in [-0.39, 0.29) is 10.3 Å². The molecule has 0 saturated heterocycles. The second kappa shape index (κ2) is 4.00. The van der Waals surface area contributed by atoms with Crippen LogP contribution in [0, 0.1) is 0 Å². The first-order valence-electron chi connectivity index (χ1n) is 5.26. The van der Waals surface area contributed by atoms with Gasteiger partial charge in [-0.05, 0) is 17.0 Å². The molecule has 4 heteroatoms. The van der Waals surface area contributed by atoms with Gasteiger partial charge in [0.15, 0.2) is 0 Å². The summed E-state index contributed by atoms with van der Waals surface area (Å²) in [7, 11) is 0. The Morgan fingerprint density at radius 1 is 1.35 bits per heavy atom. The van der Waals surface area contributed by atoms with Gasteiger partial charge in [0.25, 0.3) is 0 Å². The molecule has 1 N–H and O–H groups in total. The smallest absolute Gasteiger partial charge is 0.347 e. The van der Waals surface area contributed by atoms with Gasteiger partial charge in [-0.25, -0.2) is 4.79 Å². The minimum atomic E-state index is -0.964. The highest BCUT2D eigenvalue weighted by atomic mass is 35.5. The lowest BCUT2D eigenvalue weighted by molar-refractivity contribution is 0.0702. The van der Waals surface area contributed by atoms with E-state index in [1.165, 1.54) is 16.9 Å². The van der Waals surface area contributed by atoms with Gasteiger partial charge in [0.1, 0.15) is 4.88 Å². The molecule has 0 radical (unpaired) electrons. The van der Waals surface area contributed by atoms with E-state index in [0.29, 0.717) is 5.02 Å². The summed E-state index contributed by atoms with van der Waals surface area (Å²) in [5, 5.41) is 10.2. The molecule has 17 heavy (non-hydrogen) atoms. The van der Waals surface area contributed by atoms with Crippen molar-refractivity contribution in [3.63, 3.8) is 0 Å². The van der Waals surface area contributed by atoms with Crippen LogP contribution in [0.4, 0.5) is 0 Å². The van der Waals surface area contributed by atoms with E-state index < -0.39 is 5.97 Å². The van der Waals surface area contributed by atoms with Crippen molar-refractivity contribution in [2.45, 2.75) is 26.2 Å². The summed E-state index contributed by atoms with van der Waals surface area (Å²) >= 11 is 7.28. The van der Waals surface area contributed by atoms with Crippen LogP contribution < -0.4 is 0 Å². The van der Waals surface area contributed by atoms with Crippen LogP contribution in [0.1, 0.15) is 36.0 Å². The Labute approximate surface area is 109 Å². The standard InChI is InChI=1S/C13H13ClO2S/c1-13(2,3)7-4-5-8-9(6-7)17-11(10(8)14)12(15)16/h4-6H,1-3H3,(H,15,16). The molecule has 2 nitrogen and oxygen atoms in total. The number of carboxylic acid groups (broad SMARTS) is 1. The highest BCUT2D eigenvalue weighted by Gasteiger charge is 2.19. The molecule has 0 unspecified atom stereocenters. The molecular weight excluding hydrogens is 256 g/mol. The van der Waals surface area contributed by atoms with Crippen LogP contribution in [-0.4, -0.2) is 11.1 Å². The Morgan fingerprint density at radius 2 is 2.00 bits per heavy atom. The fraction of sp³-hybridized carbons (Fsp3) is 0.308. The Kier molecular flexibility index (Phi) is 2.92. The van der Waals surface area contributed by atoms with Gasteiger partial charge in [0, 0.05) is 10.1 Å². The zero-order chi connectivity index (χ0) is 12.8. The van der Waals surface area contributed by atoms with Gasteiger partial charge >= 0.3 is 5.97 Å². The van der Waals surface area contributed by atoms with E-state index in [1.54, 1.807) is 0 Å². The van der Waals surface area contributed by atoms with Crippen molar-refractivity contribution < 1.29 is 9.90 Å². The summed E-state index contributed by atoms with van der Waals surface area (Å²) in [5.41, 5.74) is 1.23. The summed E-state index contributed by atoms with van der Waals surface area (Å²) in [6.45, 7) is 6.38. The summed E-state index contributed by atoms with van der Waals surface area (Å²) in [4.78, 5) is 11.2. The Balaban J connectivity index is 2.68.